The van der Waals surface area contributed by atoms with E-state index in [0.717, 1.165) is 5.92 Å². The van der Waals surface area contributed by atoms with Crippen molar-refractivity contribution >= 4 is 43.8 Å². The van der Waals surface area contributed by atoms with E-state index in [4.69, 9.17) is 0 Å². The number of hydrogen-bond donors (Lipinski definition) is 0. The summed E-state index contributed by atoms with van der Waals surface area (Å²) in [5, 5.41) is 0. The molecule has 4 aromatic carbocycles. The second-order valence-corrected chi connectivity index (χ2v) is 47.3. The normalized spacial score (nSPS) is 19.1. The SMILES string of the molecule is CC1=Cc2c(-c3ccc(C4CCCCC4)cc3)cccc2[CH]1[Zr]([CH3])([CH3])(=[SiH2])[CH]1C(C(C)C)=Cc2c(-c3ccc(C(C)C)cc3)cccc21.Cl.Cl. The summed E-state index contributed by atoms with van der Waals surface area (Å²) in [5.41, 5.74) is 17.8. The van der Waals surface area contributed by atoms with Gasteiger partial charge in [0.1, 0.15) is 0 Å². The van der Waals surface area contributed by atoms with E-state index in [9.17, 15) is 0 Å². The molecular formula is C45H56Cl2SiZr. The van der Waals surface area contributed by atoms with Crippen LogP contribution in [0.2, 0.25) is 9.26 Å². The van der Waals surface area contributed by atoms with Gasteiger partial charge in [-0.25, -0.2) is 0 Å². The second-order valence-electron chi connectivity index (χ2n) is 16.8. The molecule has 4 heteroatoms. The summed E-state index contributed by atoms with van der Waals surface area (Å²) in [4.78, 5) is 0. The van der Waals surface area contributed by atoms with Crippen LogP contribution in [0.3, 0.4) is 0 Å². The van der Waals surface area contributed by atoms with Gasteiger partial charge in [0, 0.05) is 0 Å². The van der Waals surface area contributed by atoms with E-state index < -0.39 is 17.4 Å². The largest absolute Gasteiger partial charge is 0.147 e. The summed E-state index contributed by atoms with van der Waals surface area (Å²) >= 11 is -3.65. The number of fused-ring (bicyclic) bond motifs is 2. The van der Waals surface area contributed by atoms with Crippen molar-refractivity contribution in [2.75, 3.05) is 0 Å². The Morgan fingerprint density at radius 2 is 1.12 bits per heavy atom. The van der Waals surface area contributed by atoms with E-state index in [-0.39, 0.29) is 24.8 Å². The molecule has 7 rings (SSSR count). The van der Waals surface area contributed by atoms with Crippen LogP contribution in [0, 0.1) is 5.92 Å². The molecule has 0 radical (unpaired) electrons. The van der Waals surface area contributed by atoms with E-state index >= 15 is 0 Å². The Hall–Kier alpha value is -1.96. The molecule has 2 unspecified atom stereocenters. The van der Waals surface area contributed by atoms with Gasteiger partial charge in [0.05, 0.1) is 0 Å². The van der Waals surface area contributed by atoms with Crippen LogP contribution in [0.4, 0.5) is 0 Å². The topological polar surface area (TPSA) is 0 Å². The average molecular weight is 787 g/mol. The summed E-state index contributed by atoms with van der Waals surface area (Å²) in [6.07, 6.45) is 12.1. The minimum Gasteiger partial charge on any atom is -0.147 e. The molecule has 2 atom stereocenters. The summed E-state index contributed by atoms with van der Waals surface area (Å²) in [7, 11) is 0. The van der Waals surface area contributed by atoms with Crippen LogP contribution < -0.4 is 0 Å². The van der Waals surface area contributed by atoms with Crippen LogP contribution in [-0.2, 0) is 17.4 Å². The van der Waals surface area contributed by atoms with Gasteiger partial charge in [-0.3, -0.25) is 0 Å². The summed E-state index contributed by atoms with van der Waals surface area (Å²) in [6.45, 7) is 14.3. The molecule has 3 aliphatic rings. The van der Waals surface area contributed by atoms with Gasteiger partial charge in [0.15, 0.2) is 0 Å². The maximum Gasteiger partial charge on any atom is -0.147 e. The summed E-state index contributed by atoms with van der Waals surface area (Å²) < 4.78 is 6.61. The Labute approximate surface area is 311 Å². The van der Waals surface area contributed by atoms with Crippen molar-refractivity contribution in [2.24, 2.45) is 5.92 Å². The van der Waals surface area contributed by atoms with Crippen molar-refractivity contribution in [3.8, 4) is 22.3 Å². The fourth-order valence-electron chi connectivity index (χ4n) is 9.88. The fraction of sp³-hybridized carbons (Fsp3) is 0.378. The maximum atomic E-state index is 2.78. The third-order valence-corrected chi connectivity index (χ3v) is 29.7. The Kier molecular flexibility index (Phi) is 11.4. The van der Waals surface area contributed by atoms with Gasteiger partial charge in [-0.15, -0.1) is 24.8 Å². The van der Waals surface area contributed by atoms with Crippen molar-refractivity contribution in [3.05, 3.63) is 129 Å². The number of rotatable bonds is 7. The summed E-state index contributed by atoms with van der Waals surface area (Å²) in [5.74, 6) is 1.81. The molecule has 0 saturated heterocycles. The third-order valence-electron chi connectivity index (χ3n) is 12.1. The van der Waals surface area contributed by atoms with E-state index in [2.05, 4.69) is 148 Å². The first-order valence-corrected chi connectivity index (χ1v) is 32.0. The maximum absolute atomic E-state index is 3.65. The molecule has 0 aromatic heterocycles. The quantitative estimate of drug-likeness (QED) is 0.164. The molecule has 1 saturated carbocycles. The van der Waals surface area contributed by atoms with Gasteiger partial charge in [0.25, 0.3) is 0 Å². The molecule has 0 heterocycles. The van der Waals surface area contributed by atoms with Gasteiger partial charge in [-0.2, -0.15) is 0 Å². The van der Waals surface area contributed by atoms with Gasteiger partial charge < -0.3 is 0 Å². The molecule has 0 spiro atoms. The number of benzene rings is 4. The molecule has 0 amide bonds. The van der Waals surface area contributed by atoms with Crippen molar-refractivity contribution in [1.82, 2.24) is 0 Å². The molecular weight excluding hydrogens is 731 g/mol. The van der Waals surface area contributed by atoms with Gasteiger partial charge in [0.2, 0.25) is 0 Å². The standard InChI is InChI=1S/C22H23.C21H23.2CH3.2ClH.H2Si.Zr/c1-16-14-20-8-5-9-21(22(20)15-16)19-12-10-18(11-13-19)17-6-3-2-4-7-17;1-14(2)16-8-10-17(11-9-16)20-7-5-6-18-12-19(15(3)4)13-21(18)20;;;;;;/h5,8-15,17H,2-4,6-7H2,1H3;5-15H,1-4H3;2*1H3;2*1H;1H2;. The molecule has 0 bridgehead atoms. The van der Waals surface area contributed by atoms with Crippen molar-refractivity contribution in [1.29, 1.82) is 0 Å². The van der Waals surface area contributed by atoms with Gasteiger partial charge in [-0.1, -0.05) is 0 Å². The predicted octanol–water partition coefficient (Wildman–Crippen LogP) is 13.6. The molecule has 0 nitrogen and oxygen atoms in total. The number of allylic oxidation sites excluding steroid dienone is 2. The fourth-order valence-corrected chi connectivity index (χ4v) is 30.5. The molecule has 4 aromatic rings. The Morgan fingerprint density at radius 1 is 0.612 bits per heavy atom. The zero-order chi connectivity index (χ0) is 33.1. The molecule has 3 aliphatic carbocycles. The third kappa shape index (κ3) is 6.87. The zero-order valence-corrected chi connectivity index (χ0v) is 36.2. The molecule has 49 heavy (non-hydrogen) atoms. The minimum atomic E-state index is -3.65. The molecule has 0 aliphatic heterocycles. The molecule has 1 fully saturated rings. The van der Waals surface area contributed by atoms with Crippen LogP contribution in [-0.4, -0.2) is 6.88 Å². The smallest absolute Gasteiger partial charge is 0.147 e. The summed E-state index contributed by atoms with van der Waals surface area (Å²) in [6, 6.07) is 33.4. The van der Waals surface area contributed by atoms with E-state index in [1.165, 1.54) is 71.0 Å². The van der Waals surface area contributed by atoms with Crippen molar-refractivity contribution in [2.45, 2.75) is 95.1 Å². The molecule has 0 N–H and O–H groups in total. The van der Waals surface area contributed by atoms with Crippen LogP contribution in [0.15, 0.2) is 96.1 Å². The van der Waals surface area contributed by atoms with E-state index in [0.29, 0.717) is 19.1 Å². The Bertz CT molecular complexity index is 1950. The van der Waals surface area contributed by atoms with Crippen LogP contribution in [0.25, 0.3) is 34.4 Å². The average Bonchev–Trinajstić information content (AvgIpc) is 3.64. The van der Waals surface area contributed by atoms with Crippen molar-refractivity contribution in [3.63, 3.8) is 0 Å². The van der Waals surface area contributed by atoms with Crippen molar-refractivity contribution < 1.29 is 17.4 Å². The van der Waals surface area contributed by atoms with E-state index in [1.54, 1.807) is 27.8 Å². The first-order chi connectivity index (χ1) is 22.4. The van der Waals surface area contributed by atoms with Gasteiger partial charge >= 0.3 is 289 Å². The Morgan fingerprint density at radius 3 is 1.65 bits per heavy atom. The second kappa shape index (κ2) is 14.6. The van der Waals surface area contributed by atoms with Crippen LogP contribution >= 0.6 is 24.8 Å². The first kappa shape index (κ1) is 38.3. The zero-order valence-electron chi connectivity index (χ0n) is 30.7. The van der Waals surface area contributed by atoms with Crippen LogP contribution in [0.5, 0.6) is 0 Å². The van der Waals surface area contributed by atoms with Gasteiger partial charge in [-0.05, 0) is 0 Å². The predicted molar refractivity (Wildman–Crippen MR) is 220 cm³/mol. The number of halogens is 2. The minimum absolute atomic E-state index is 0. The number of hydrogen-bond acceptors (Lipinski definition) is 0. The Balaban J connectivity index is 0.00000234. The monoisotopic (exact) mass is 784 g/mol. The van der Waals surface area contributed by atoms with E-state index in [1.807, 2.05) is 0 Å². The molecule has 258 valence electrons. The first-order valence-electron chi connectivity index (χ1n) is 18.4. The van der Waals surface area contributed by atoms with Crippen LogP contribution in [0.1, 0.15) is 119 Å².